The van der Waals surface area contributed by atoms with Crippen LogP contribution in [0.4, 0.5) is 0 Å². The Labute approximate surface area is 127 Å². The van der Waals surface area contributed by atoms with Crippen LogP contribution in [-0.2, 0) is 16.6 Å². The van der Waals surface area contributed by atoms with Crippen LogP contribution in [0.15, 0.2) is 17.1 Å². The smallest absolute Gasteiger partial charge is 0.290 e. The number of rotatable bonds is 2. The van der Waals surface area contributed by atoms with Gasteiger partial charge in [0.2, 0.25) is 0 Å². The predicted molar refractivity (Wildman–Crippen MR) is 87.3 cm³/mol. The largest absolute Gasteiger partial charge is 0.483 e. The third-order valence-electron chi connectivity index (χ3n) is 3.65. The number of hydrogen-bond donors (Lipinski definition) is 2. The van der Waals surface area contributed by atoms with Gasteiger partial charge in [0, 0.05) is 13.0 Å². The quantitative estimate of drug-likeness (QED) is 0.823. The number of carbonyl (C=O) groups is 1. The van der Waals surface area contributed by atoms with Crippen molar-refractivity contribution in [3.8, 4) is 0 Å². The van der Waals surface area contributed by atoms with Crippen molar-refractivity contribution in [1.29, 1.82) is 0 Å². The highest BCUT2D eigenvalue weighted by atomic mass is 16.3. The number of nitrogens with one attached hydrogen (secondary N) is 1. The molecule has 0 amide bonds. The number of benzene rings is 1. The lowest BCUT2D eigenvalue weighted by Crippen LogP contribution is -2.22. The lowest BCUT2D eigenvalue weighted by molar-refractivity contribution is -0.122. The maximum atomic E-state index is 8.36. The number of carboxylic acid groups (broad SMARTS) is 1. The van der Waals surface area contributed by atoms with Gasteiger partial charge < -0.3 is 10.4 Å². The summed E-state index contributed by atoms with van der Waals surface area (Å²) in [6, 6.07) is 4.66. The summed E-state index contributed by atoms with van der Waals surface area (Å²) in [5.74, 6) is 1.14. The van der Waals surface area contributed by atoms with Gasteiger partial charge in [-0.3, -0.25) is 9.79 Å². The van der Waals surface area contributed by atoms with Gasteiger partial charge in [-0.2, -0.15) is 0 Å². The maximum Gasteiger partial charge on any atom is 0.290 e. The first-order valence-electron chi connectivity index (χ1n) is 7.25. The van der Waals surface area contributed by atoms with Crippen LogP contribution in [0.5, 0.6) is 0 Å². The van der Waals surface area contributed by atoms with Crippen molar-refractivity contribution in [3.05, 3.63) is 34.4 Å². The molecule has 21 heavy (non-hydrogen) atoms. The zero-order chi connectivity index (χ0) is 16.0. The van der Waals surface area contributed by atoms with E-state index in [2.05, 4.69) is 57.1 Å². The van der Waals surface area contributed by atoms with E-state index in [1.165, 1.54) is 22.3 Å². The second-order valence-electron chi connectivity index (χ2n) is 6.38. The zero-order valence-corrected chi connectivity index (χ0v) is 13.7. The summed E-state index contributed by atoms with van der Waals surface area (Å²) in [5.41, 5.74) is 5.84. The van der Waals surface area contributed by atoms with E-state index in [0.717, 1.165) is 25.3 Å². The van der Waals surface area contributed by atoms with Crippen molar-refractivity contribution in [2.45, 2.75) is 46.5 Å². The molecule has 0 spiro atoms. The number of nitrogens with zero attached hydrogens (tertiary/aromatic N) is 1. The highest BCUT2D eigenvalue weighted by molar-refractivity contribution is 5.86. The van der Waals surface area contributed by atoms with Crippen LogP contribution in [0.2, 0.25) is 0 Å². The van der Waals surface area contributed by atoms with Crippen molar-refractivity contribution >= 4 is 12.3 Å². The number of amidine groups is 1. The van der Waals surface area contributed by atoms with E-state index in [4.69, 9.17) is 9.90 Å². The maximum absolute atomic E-state index is 8.36. The van der Waals surface area contributed by atoms with Crippen LogP contribution in [0.25, 0.3) is 0 Å². The number of hydrogen-bond acceptors (Lipinski definition) is 3. The highest BCUT2D eigenvalue weighted by Gasteiger charge is 2.17. The molecule has 1 aliphatic rings. The second kappa shape index (κ2) is 7.25. The number of aryl methyl sites for hydroxylation is 2. The van der Waals surface area contributed by atoms with Gasteiger partial charge >= 0.3 is 0 Å². The minimum absolute atomic E-state index is 0.219. The van der Waals surface area contributed by atoms with E-state index in [9.17, 15) is 0 Å². The predicted octanol–water partition coefficient (Wildman–Crippen LogP) is 2.85. The molecule has 0 unspecified atom stereocenters. The lowest BCUT2D eigenvalue weighted by atomic mass is 9.83. The molecule has 1 heterocycles. The first-order chi connectivity index (χ1) is 9.79. The van der Waals surface area contributed by atoms with Crippen LogP contribution in [-0.4, -0.2) is 30.5 Å². The van der Waals surface area contributed by atoms with Gasteiger partial charge in [-0.1, -0.05) is 32.9 Å². The Bertz CT molecular complexity index is 505. The Hall–Kier alpha value is -1.84. The molecule has 0 aliphatic carbocycles. The van der Waals surface area contributed by atoms with Gasteiger partial charge in [0.1, 0.15) is 5.84 Å². The average Bonchev–Trinajstić information content (AvgIpc) is 2.86. The molecule has 1 aromatic rings. The third kappa shape index (κ3) is 4.88. The van der Waals surface area contributed by atoms with E-state index >= 15 is 0 Å². The highest BCUT2D eigenvalue weighted by Crippen LogP contribution is 2.27. The molecule has 0 aromatic heterocycles. The molecule has 0 radical (unpaired) electrons. The van der Waals surface area contributed by atoms with Gasteiger partial charge in [0.25, 0.3) is 6.47 Å². The summed E-state index contributed by atoms with van der Waals surface area (Å²) in [7, 11) is 0. The average molecular weight is 290 g/mol. The minimum Gasteiger partial charge on any atom is -0.483 e. The fourth-order valence-electron chi connectivity index (χ4n) is 2.44. The summed E-state index contributed by atoms with van der Waals surface area (Å²) < 4.78 is 0. The monoisotopic (exact) mass is 290 g/mol. The molecule has 2 N–H and O–H groups in total. The fraction of sp³-hybridized carbons (Fsp3) is 0.529. The summed E-state index contributed by atoms with van der Waals surface area (Å²) in [5, 5.41) is 10.2. The van der Waals surface area contributed by atoms with Gasteiger partial charge in [0.05, 0.1) is 6.54 Å². The summed E-state index contributed by atoms with van der Waals surface area (Å²) >= 11 is 0. The molecule has 0 atom stereocenters. The SMILES string of the molecule is Cc1cc(C(C)(C)C)cc(C)c1CC1=NCCN1.O=CO. The Kier molecular flexibility index (Phi) is 5.94. The fourth-order valence-corrected chi connectivity index (χ4v) is 2.44. The van der Waals surface area contributed by atoms with E-state index in [1.54, 1.807) is 0 Å². The molecule has 1 aromatic carbocycles. The van der Waals surface area contributed by atoms with Crippen LogP contribution in [0, 0.1) is 13.8 Å². The van der Waals surface area contributed by atoms with Crippen molar-refractivity contribution in [2.24, 2.45) is 4.99 Å². The van der Waals surface area contributed by atoms with Crippen LogP contribution in [0.1, 0.15) is 43.0 Å². The van der Waals surface area contributed by atoms with Crippen LogP contribution < -0.4 is 5.32 Å². The first-order valence-corrected chi connectivity index (χ1v) is 7.25. The molecule has 0 saturated heterocycles. The van der Waals surface area contributed by atoms with Crippen molar-refractivity contribution in [2.75, 3.05) is 13.1 Å². The number of aliphatic imine (C=N–C) groups is 1. The van der Waals surface area contributed by atoms with E-state index in [0.29, 0.717) is 0 Å². The molecule has 116 valence electrons. The Balaban J connectivity index is 0.000000677. The summed E-state index contributed by atoms with van der Waals surface area (Å²) in [6.45, 7) is 12.9. The molecule has 0 saturated carbocycles. The first kappa shape index (κ1) is 17.2. The molecule has 4 heteroatoms. The molecule has 1 aliphatic heterocycles. The van der Waals surface area contributed by atoms with E-state index in [1.807, 2.05) is 0 Å². The normalized spacial score (nSPS) is 13.9. The van der Waals surface area contributed by atoms with Crippen molar-refractivity contribution < 1.29 is 9.90 Å². The summed E-state index contributed by atoms with van der Waals surface area (Å²) in [4.78, 5) is 12.9. The van der Waals surface area contributed by atoms with Crippen LogP contribution >= 0.6 is 0 Å². The Morgan fingerprint density at radius 2 is 1.81 bits per heavy atom. The molecular formula is C17H26N2O2. The molecule has 0 bridgehead atoms. The Morgan fingerprint density at radius 3 is 2.19 bits per heavy atom. The molecule has 4 nitrogen and oxygen atoms in total. The Morgan fingerprint density at radius 1 is 1.29 bits per heavy atom. The molecular weight excluding hydrogens is 264 g/mol. The van der Waals surface area contributed by atoms with Crippen LogP contribution in [0.3, 0.4) is 0 Å². The summed E-state index contributed by atoms with van der Waals surface area (Å²) in [6.07, 6.45) is 0.947. The van der Waals surface area contributed by atoms with Crippen molar-refractivity contribution in [1.82, 2.24) is 5.32 Å². The lowest BCUT2D eigenvalue weighted by Gasteiger charge is -2.22. The van der Waals surface area contributed by atoms with E-state index in [-0.39, 0.29) is 11.9 Å². The van der Waals surface area contributed by atoms with Crippen molar-refractivity contribution in [3.63, 3.8) is 0 Å². The zero-order valence-electron chi connectivity index (χ0n) is 13.7. The standard InChI is InChI=1S/C16H24N2.CH2O2/c1-11-8-13(16(3,4)5)9-12(2)14(11)10-15-17-6-7-18-15;2-1-3/h8-9H,6-7,10H2,1-5H3,(H,17,18);1H,(H,2,3). The van der Waals surface area contributed by atoms with Gasteiger partial charge in [0.15, 0.2) is 0 Å². The van der Waals surface area contributed by atoms with E-state index < -0.39 is 0 Å². The molecule has 0 fully saturated rings. The topological polar surface area (TPSA) is 61.7 Å². The second-order valence-corrected chi connectivity index (χ2v) is 6.38. The minimum atomic E-state index is -0.250. The molecule has 2 rings (SSSR count). The third-order valence-corrected chi connectivity index (χ3v) is 3.65. The van der Waals surface area contributed by atoms with Gasteiger partial charge in [-0.25, -0.2) is 0 Å². The van der Waals surface area contributed by atoms with Gasteiger partial charge in [-0.15, -0.1) is 0 Å². The van der Waals surface area contributed by atoms with Gasteiger partial charge in [-0.05, 0) is 41.5 Å².